The largest absolute Gasteiger partial charge is 0.508 e. The number of nitrogens with two attached hydrogens (primary N) is 2. The van der Waals surface area contributed by atoms with Gasteiger partial charge in [-0.25, -0.2) is 4.79 Å². The second-order valence-corrected chi connectivity index (χ2v) is 29.1. The highest BCUT2D eigenvalue weighted by Crippen LogP contribution is 2.50. The fourth-order valence-electron chi connectivity index (χ4n) is 13.3. The molecule has 33 nitrogen and oxygen atoms in total. The number of primary amides is 1. The lowest BCUT2D eigenvalue weighted by atomic mass is 9.84. The van der Waals surface area contributed by atoms with Gasteiger partial charge in [0.1, 0.15) is 89.5 Å². The average molecular weight is 1600 g/mol. The molecular weight excluding hydrogens is 1530 g/mol. The fourth-order valence-corrected chi connectivity index (χ4v) is 14.1. The van der Waals surface area contributed by atoms with Gasteiger partial charge in [0.15, 0.2) is 29.9 Å². The number of phenolic OH excluding ortho intramolecular Hbond substituents is 3. The molecule has 0 radical (unpaired) electrons. The first-order valence-corrected chi connectivity index (χ1v) is 35.4. The summed E-state index contributed by atoms with van der Waals surface area (Å²) in [6.45, 7) is 6.06. The van der Waals surface area contributed by atoms with E-state index in [0.717, 1.165) is 76.8 Å². The third-order valence-electron chi connectivity index (χ3n) is 19.0. The van der Waals surface area contributed by atoms with E-state index in [4.69, 9.17) is 63.1 Å². The Morgan fingerprint density at radius 3 is 1.93 bits per heavy atom. The molecule has 7 aliphatic heterocycles. The van der Waals surface area contributed by atoms with Crippen molar-refractivity contribution in [2.24, 2.45) is 17.4 Å². The van der Waals surface area contributed by atoms with Crippen LogP contribution >= 0.6 is 39.1 Å². The summed E-state index contributed by atoms with van der Waals surface area (Å²) < 4.78 is 40.0. The van der Waals surface area contributed by atoms with Crippen LogP contribution in [0.25, 0.3) is 11.1 Å². The molecule has 6 aromatic rings. The second kappa shape index (κ2) is 32.8. The molecule has 36 heteroatoms. The number of aliphatic hydroxyl groups excluding tert-OH is 6. The summed E-state index contributed by atoms with van der Waals surface area (Å²) in [6, 6.07) is 6.27. The smallest absolute Gasteiger partial charge is 0.330 e. The van der Waals surface area contributed by atoms with Crippen LogP contribution in [0.4, 0.5) is 0 Å². The number of ether oxygens (including phenoxy) is 6. The number of benzene rings is 6. The second-order valence-electron chi connectivity index (χ2n) is 27.4. The summed E-state index contributed by atoms with van der Waals surface area (Å²) in [5.41, 5.74) is 8.75. The maximum atomic E-state index is 16.1. The van der Waals surface area contributed by atoms with Gasteiger partial charge in [-0.1, -0.05) is 83.3 Å². The quantitative estimate of drug-likeness (QED) is 0.0702. The number of nitrogens with one attached hydrogen (secondary N) is 7. The Hall–Kier alpha value is -9.50. The SMILES string of the molecule is CC(C)C[C@@H](N)C(=O)NC1C(=O)N[C@@H](CC(N)=O)C(=O)N[C@H]2C(=O)NC3C(=O)N[C@H](C(=O)N[C@H](C(=O)O)c4cc(O)cc(O)c4-c4cc3ccc4O)[C@H](O)c3ccc(c(Cl)c3)Oc3cc2cc(c3O[C@@H]2O[C@H](CO)[C@@H](O)[C@H](O)[C@H]2O[C@@H]2C[C@@](C)(NCc3ccc(Br)cc3)[C@@H](O)[C@@H](C)O2)Oc2ccc(cc2Cl)[C@H]1O. The fraction of sp³-hybridized carbons (Fsp3) is 0.389. The number of phenols is 3. The number of amides is 7. The van der Waals surface area contributed by atoms with Crippen LogP contribution in [0, 0.1) is 5.92 Å². The molecule has 13 rings (SSSR count). The van der Waals surface area contributed by atoms with Gasteiger partial charge >= 0.3 is 5.97 Å². The van der Waals surface area contributed by atoms with Crippen molar-refractivity contribution >= 4 is 86.5 Å². The number of aliphatic carboxylic acids is 1. The van der Waals surface area contributed by atoms with Gasteiger partial charge in [0.25, 0.3) is 0 Å². The van der Waals surface area contributed by atoms with Crippen LogP contribution in [-0.4, -0.2) is 184 Å². The molecule has 576 valence electrons. The standard InChI is InChI=1S/C72H78BrCl2N9O24/c1-27(2)15-40(76)64(95)83-55-57(90)31-8-13-44(38(74)17-31)104-46-19-33-20-47(61(46)108-71-62(60(93)59(92)48(26-85)106-71)107-50-24-72(4,63(94)28(3)103-50)78-25-29-5-10-34(73)11-6-29)105-45-14-9-32(18-39(45)75)58(91)56-69(100)82-54(70(101)102)37-21-35(86)22-43(88)51(37)36-16-30(7-12-42(36)87)52(66(97)84-56)81-67(98)53(33)80-65(96)41(23-49(77)89)79-68(55)99/h5-14,16-22,27-28,40-41,48,50,52-60,62-63,71,78,85-88,90-94H,15,23-26,76H2,1-4H3,(H2,77,89)(H,79,99)(H,80,96)(H,81,98)(H,82,100)(H,83,95)(H,84,97)(H,101,102)/t28-,40-,41+,48-,50-,52?,53-,54+,55?,56+,57-,58-,59-,60+,62-,63+,71+,72-/m1/s1. The molecule has 0 aromatic heterocycles. The lowest BCUT2D eigenvalue weighted by molar-refractivity contribution is -0.334. The van der Waals surface area contributed by atoms with E-state index in [1.165, 1.54) is 12.1 Å². The summed E-state index contributed by atoms with van der Waals surface area (Å²) in [5.74, 6) is -16.3. The van der Waals surface area contributed by atoms with Crippen LogP contribution in [0.5, 0.6) is 46.0 Å². The molecule has 7 amide bonds. The number of hydrogen-bond donors (Lipinski definition) is 19. The number of aliphatic hydroxyl groups is 6. The van der Waals surface area contributed by atoms with E-state index in [1.807, 2.05) is 24.3 Å². The Morgan fingerprint density at radius 1 is 0.704 bits per heavy atom. The first-order chi connectivity index (χ1) is 51.1. The van der Waals surface area contributed by atoms with E-state index in [0.29, 0.717) is 0 Å². The predicted molar refractivity (Wildman–Crippen MR) is 381 cm³/mol. The minimum Gasteiger partial charge on any atom is -0.508 e. The Labute approximate surface area is 633 Å². The van der Waals surface area contributed by atoms with Gasteiger partial charge in [-0.3, -0.25) is 33.6 Å². The maximum Gasteiger partial charge on any atom is 0.330 e. The van der Waals surface area contributed by atoms with Gasteiger partial charge in [0.2, 0.25) is 53.4 Å². The Balaban J connectivity index is 1.14. The Morgan fingerprint density at radius 2 is 1.31 bits per heavy atom. The number of carboxylic acid groups (broad SMARTS) is 1. The Bertz CT molecular complexity index is 4490. The summed E-state index contributed by atoms with van der Waals surface area (Å²) >= 11 is 17.6. The average Bonchev–Trinajstić information content (AvgIpc) is 0.768. The van der Waals surface area contributed by atoms with Crippen molar-refractivity contribution in [1.29, 1.82) is 0 Å². The van der Waals surface area contributed by atoms with Gasteiger partial charge in [0, 0.05) is 45.7 Å². The molecule has 2 fully saturated rings. The van der Waals surface area contributed by atoms with Crippen molar-refractivity contribution in [3.63, 3.8) is 0 Å². The number of rotatable bonds is 15. The molecule has 0 aliphatic carbocycles. The van der Waals surface area contributed by atoms with E-state index >= 15 is 14.4 Å². The number of halogens is 3. The van der Waals surface area contributed by atoms with Crippen molar-refractivity contribution in [3.05, 3.63) is 151 Å². The minimum absolute atomic E-state index is 0.0719. The molecule has 7 heterocycles. The topological polar surface area (TPSA) is 530 Å². The van der Waals surface area contributed by atoms with Gasteiger partial charge in [-0.15, -0.1) is 0 Å². The normalized spacial score (nSPS) is 28.3. The summed E-state index contributed by atoms with van der Waals surface area (Å²) in [7, 11) is 0. The molecule has 0 saturated carbocycles. The summed E-state index contributed by atoms with van der Waals surface area (Å²) in [5, 5.41) is 133. The number of carboxylic acids is 1. The summed E-state index contributed by atoms with van der Waals surface area (Å²) in [4.78, 5) is 117. The minimum atomic E-state index is -2.36. The van der Waals surface area contributed by atoms with E-state index < -0.39 is 237 Å². The molecule has 108 heavy (non-hydrogen) atoms. The van der Waals surface area contributed by atoms with Crippen LogP contribution in [0.1, 0.15) is 111 Å². The van der Waals surface area contributed by atoms with Crippen molar-refractivity contribution in [2.45, 2.75) is 163 Å². The van der Waals surface area contributed by atoms with Gasteiger partial charge in [-0.05, 0) is 121 Å². The van der Waals surface area contributed by atoms with Gasteiger partial charge < -0.3 is 128 Å². The molecule has 2 saturated heterocycles. The first kappa shape index (κ1) is 79.5. The third-order valence-corrected chi connectivity index (χ3v) is 20.2. The van der Waals surface area contributed by atoms with Crippen molar-refractivity contribution in [3.8, 4) is 57.1 Å². The van der Waals surface area contributed by atoms with Crippen LogP contribution in [0.3, 0.4) is 0 Å². The highest BCUT2D eigenvalue weighted by Gasteiger charge is 2.52. The lowest BCUT2D eigenvalue weighted by Gasteiger charge is -2.48. The van der Waals surface area contributed by atoms with E-state index in [2.05, 4.69) is 53.1 Å². The highest BCUT2D eigenvalue weighted by molar-refractivity contribution is 9.10. The van der Waals surface area contributed by atoms with E-state index in [9.17, 15) is 75.0 Å². The molecule has 18 atom stereocenters. The highest BCUT2D eigenvalue weighted by atomic mass is 79.9. The van der Waals surface area contributed by atoms with Crippen molar-refractivity contribution in [1.82, 2.24) is 37.2 Å². The zero-order valence-corrected chi connectivity index (χ0v) is 60.8. The zero-order valence-electron chi connectivity index (χ0n) is 57.7. The molecule has 0 spiro atoms. The van der Waals surface area contributed by atoms with Crippen LogP contribution in [-0.2, 0) is 59.1 Å². The van der Waals surface area contributed by atoms with Gasteiger partial charge in [0.05, 0.1) is 41.3 Å². The molecule has 2 unspecified atom stereocenters. The number of aromatic hydroxyl groups is 3. The molecule has 6 aromatic carbocycles. The van der Waals surface area contributed by atoms with Crippen LogP contribution in [0.15, 0.2) is 108 Å². The van der Waals surface area contributed by atoms with E-state index in [-0.39, 0.29) is 52.8 Å². The Kier molecular flexibility index (Phi) is 24.1. The molecular formula is C72H78BrCl2N9O24. The zero-order chi connectivity index (χ0) is 78.2. The predicted octanol–water partition coefficient (Wildman–Crippen LogP) is 2.44. The number of carbonyl (C=O) groups is 8. The summed E-state index contributed by atoms with van der Waals surface area (Å²) in [6.07, 6.45) is -18.7. The van der Waals surface area contributed by atoms with Crippen LogP contribution in [0.2, 0.25) is 10.0 Å². The number of hydrogen-bond acceptors (Lipinski definition) is 25. The molecule has 21 N–H and O–H groups in total. The molecule has 11 bridgehead atoms. The van der Waals surface area contributed by atoms with Crippen molar-refractivity contribution in [2.75, 3.05) is 6.61 Å². The first-order valence-electron chi connectivity index (χ1n) is 33.8. The monoisotopic (exact) mass is 1600 g/mol. The number of carbonyl (C=O) groups excluding carboxylic acids is 7. The lowest BCUT2D eigenvalue weighted by Crippen LogP contribution is -2.65. The number of fused-ring (bicyclic) bond motifs is 15. The van der Waals surface area contributed by atoms with E-state index in [1.54, 1.807) is 27.7 Å². The molecule has 7 aliphatic rings. The third kappa shape index (κ3) is 17.2. The van der Waals surface area contributed by atoms with Crippen LogP contribution < -0.4 is 62.9 Å². The van der Waals surface area contributed by atoms with Gasteiger partial charge in [-0.2, -0.15) is 0 Å². The maximum absolute atomic E-state index is 16.1. The van der Waals surface area contributed by atoms with Crippen molar-refractivity contribution < 1.29 is 118 Å².